The Labute approximate surface area is 118 Å². The van der Waals surface area contributed by atoms with Crippen LogP contribution in [-0.2, 0) is 10.0 Å². The molecule has 1 aromatic rings. The van der Waals surface area contributed by atoms with Gasteiger partial charge in [0.05, 0.1) is 24.7 Å². The van der Waals surface area contributed by atoms with E-state index >= 15 is 0 Å². The van der Waals surface area contributed by atoms with Crippen molar-refractivity contribution >= 4 is 10.0 Å². The van der Waals surface area contributed by atoms with Crippen molar-refractivity contribution < 1.29 is 18.6 Å². The second kappa shape index (κ2) is 7.99. The summed E-state index contributed by atoms with van der Waals surface area (Å²) in [5.74, 6) is 5.48. The van der Waals surface area contributed by atoms with E-state index in [2.05, 4.69) is 11.8 Å². The fourth-order valence-corrected chi connectivity index (χ4v) is 3.01. The second-order valence-corrected chi connectivity index (χ2v) is 5.82. The molecule has 110 valence electrons. The van der Waals surface area contributed by atoms with Gasteiger partial charge < -0.3 is 15.9 Å². The van der Waals surface area contributed by atoms with Crippen molar-refractivity contribution in [1.29, 1.82) is 0 Å². The van der Waals surface area contributed by atoms with Gasteiger partial charge in [-0.05, 0) is 24.3 Å². The maximum absolute atomic E-state index is 12.3. The molecule has 0 saturated carbocycles. The Kier molecular flexibility index (Phi) is 6.64. The highest BCUT2D eigenvalue weighted by Gasteiger charge is 2.23. The zero-order valence-electron chi connectivity index (χ0n) is 11.0. The van der Waals surface area contributed by atoms with Crippen LogP contribution in [0.5, 0.6) is 0 Å². The van der Waals surface area contributed by atoms with Crippen LogP contribution in [0.4, 0.5) is 0 Å². The lowest BCUT2D eigenvalue weighted by molar-refractivity contribution is 0.217. The molecule has 0 fully saturated rings. The Morgan fingerprint density at radius 1 is 1.10 bits per heavy atom. The van der Waals surface area contributed by atoms with Gasteiger partial charge >= 0.3 is 0 Å². The van der Waals surface area contributed by atoms with Crippen LogP contribution in [-0.4, -0.2) is 55.8 Å². The van der Waals surface area contributed by atoms with E-state index in [1.165, 1.54) is 12.1 Å². The van der Waals surface area contributed by atoms with Gasteiger partial charge in [-0.1, -0.05) is 11.8 Å². The lowest BCUT2D eigenvalue weighted by atomic mass is 10.2. The van der Waals surface area contributed by atoms with E-state index in [4.69, 9.17) is 15.9 Å². The first-order valence-electron chi connectivity index (χ1n) is 6.07. The molecular weight excluding hydrogens is 280 g/mol. The van der Waals surface area contributed by atoms with Crippen molar-refractivity contribution in [1.82, 2.24) is 4.31 Å². The minimum absolute atomic E-state index is 0.0579. The summed E-state index contributed by atoms with van der Waals surface area (Å²) in [5.41, 5.74) is 5.93. The monoisotopic (exact) mass is 298 g/mol. The molecule has 0 radical (unpaired) electrons. The van der Waals surface area contributed by atoms with Gasteiger partial charge in [-0.15, -0.1) is 0 Å². The maximum Gasteiger partial charge on any atom is 0.243 e. The van der Waals surface area contributed by atoms with Crippen LogP contribution in [0.15, 0.2) is 29.2 Å². The SMILES string of the molecule is NCC#Cc1ccc(S(=O)(=O)N(CCO)CCO)cc1. The topological polar surface area (TPSA) is 104 Å². The molecule has 0 bridgehead atoms. The summed E-state index contributed by atoms with van der Waals surface area (Å²) < 4.78 is 25.6. The average molecular weight is 298 g/mol. The summed E-state index contributed by atoms with van der Waals surface area (Å²) >= 11 is 0. The Morgan fingerprint density at radius 2 is 1.65 bits per heavy atom. The largest absolute Gasteiger partial charge is 0.395 e. The molecule has 0 atom stereocenters. The van der Waals surface area contributed by atoms with Crippen LogP contribution in [0.2, 0.25) is 0 Å². The molecule has 0 amide bonds. The van der Waals surface area contributed by atoms with Crippen LogP contribution in [0.3, 0.4) is 0 Å². The highest BCUT2D eigenvalue weighted by Crippen LogP contribution is 2.15. The van der Waals surface area contributed by atoms with E-state index in [9.17, 15) is 8.42 Å². The number of hydrogen-bond acceptors (Lipinski definition) is 5. The van der Waals surface area contributed by atoms with E-state index < -0.39 is 10.0 Å². The highest BCUT2D eigenvalue weighted by atomic mass is 32.2. The Bertz CT molecular complexity index is 567. The quantitative estimate of drug-likeness (QED) is 0.583. The molecule has 0 aliphatic rings. The Hall–Kier alpha value is -1.43. The number of nitrogens with two attached hydrogens (primary N) is 1. The first-order valence-corrected chi connectivity index (χ1v) is 7.51. The number of sulfonamides is 1. The van der Waals surface area contributed by atoms with Gasteiger partial charge in [-0.2, -0.15) is 4.31 Å². The average Bonchev–Trinajstić information content (AvgIpc) is 2.45. The summed E-state index contributed by atoms with van der Waals surface area (Å²) in [5, 5.41) is 17.8. The van der Waals surface area contributed by atoms with E-state index in [1.807, 2.05) is 0 Å². The predicted molar refractivity (Wildman–Crippen MR) is 75.3 cm³/mol. The van der Waals surface area contributed by atoms with Gasteiger partial charge in [0.1, 0.15) is 0 Å². The molecule has 0 heterocycles. The highest BCUT2D eigenvalue weighted by molar-refractivity contribution is 7.89. The van der Waals surface area contributed by atoms with Crippen molar-refractivity contribution in [2.24, 2.45) is 5.73 Å². The molecule has 1 rings (SSSR count). The molecular formula is C13H18N2O4S. The molecule has 0 unspecified atom stereocenters. The lowest BCUT2D eigenvalue weighted by Crippen LogP contribution is -2.35. The van der Waals surface area contributed by atoms with Crippen molar-refractivity contribution in [3.05, 3.63) is 29.8 Å². The fraction of sp³-hybridized carbons (Fsp3) is 0.385. The molecule has 4 N–H and O–H groups in total. The third kappa shape index (κ3) is 4.30. The van der Waals surface area contributed by atoms with Gasteiger partial charge in [-0.25, -0.2) is 8.42 Å². The van der Waals surface area contributed by atoms with Crippen LogP contribution < -0.4 is 5.73 Å². The first-order chi connectivity index (χ1) is 9.56. The van der Waals surface area contributed by atoms with Crippen LogP contribution in [0.25, 0.3) is 0 Å². The number of hydrogen-bond donors (Lipinski definition) is 3. The van der Waals surface area contributed by atoms with Gasteiger partial charge in [0.2, 0.25) is 10.0 Å². The van der Waals surface area contributed by atoms with Crippen LogP contribution in [0, 0.1) is 11.8 Å². The number of aliphatic hydroxyl groups excluding tert-OH is 2. The summed E-state index contributed by atoms with van der Waals surface area (Å²) in [6.45, 7) is -0.491. The van der Waals surface area contributed by atoms with Crippen molar-refractivity contribution in [3.8, 4) is 11.8 Å². The third-order valence-electron chi connectivity index (χ3n) is 2.53. The minimum Gasteiger partial charge on any atom is -0.395 e. The Morgan fingerprint density at radius 3 is 2.10 bits per heavy atom. The van der Waals surface area contributed by atoms with Crippen LogP contribution in [0.1, 0.15) is 5.56 Å². The Balaban J connectivity index is 3.02. The standard InChI is InChI=1S/C13H18N2O4S/c14-7-1-2-12-3-5-13(6-4-12)20(18,19)15(8-10-16)9-11-17/h3-6,16-17H,7-11,14H2. The summed E-state index contributed by atoms with van der Waals surface area (Å²) in [6, 6.07) is 6.06. The normalized spacial score (nSPS) is 11.2. The molecule has 0 spiro atoms. The lowest BCUT2D eigenvalue weighted by Gasteiger charge is -2.20. The predicted octanol–water partition coefficient (Wildman–Crippen LogP) is -1.03. The molecule has 0 aliphatic heterocycles. The maximum atomic E-state index is 12.3. The number of aliphatic hydroxyl groups is 2. The third-order valence-corrected chi connectivity index (χ3v) is 4.44. The van der Waals surface area contributed by atoms with Gasteiger partial charge in [-0.3, -0.25) is 0 Å². The van der Waals surface area contributed by atoms with Crippen molar-refractivity contribution in [2.75, 3.05) is 32.8 Å². The fourth-order valence-electron chi connectivity index (χ4n) is 1.59. The van der Waals surface area contributed by atoms with Gasteiger partial charge in [0.15, 0.2) is 0 Å². The number of rotatable bonds is 6. The second-order valence-electron chi connectivity index (χ2n) is 3.88. The van der Waals surface area contributed by atoms with Crippen molar-refractivity contribution in [2.45, 2.75) is 4.90 Å². The zero-order valence-corrected chi connectivity index (χ0v) is 11.8. The van der Waals surface area contributed by atoms with E-state index in [1.54, 1.807) is 12.1 Å². The molecule has 6 nitrogen and oxygen atoms in total. The number of benzene rings is 1. The number of nitrogens with zero attached hydrogens (tertiary/aromatic N) is 1. The molecule has 20 heavy (non-hydrogen) atoms. The van der Waals surface area contributed by atoms with Gasteiger partial charge in [0.25, 0.3) is 0 Å². The summed E-state index contributed by atoms with van der Waals surface area (Å²) in [6.07, 6.45) is 0. The smallest absolute Gasteiger partial charge is 0.243 e. The van der Waals surface area contributed by atoms with Crippen molar-refractivity contribution in [3.63, 3.8) is 0 Å². The molecule has 0 aromatic heterocycles. The van der Waals surface area contributed by atoms with E-state index in [-0.39, 0.29) is 37.7 Å². The first kappa shape index (κ1) is 16.6. The summed E-state index contributed by atoms with van der Waals surface area (Å²) in [7, 11) is -3.72. The molecule has 0 saturated heterocycles. The van der Waals surface area contributed by atoms with Gasteiger partial charge in [0, 0.05) is 18.7 Å². The zero-order chi connectivity index (χ0) is 15.0. The van der Waals surface area contributed by atoms with Crippen LogP contribution >= 0.6 is 0 Å². The molecule has 0 aliphatic carbocycles. The van der Waals surface area contributed by atoms with E-state index in [0.717, 1.165) is 4.31 Å². The molecule has 1 aromatic carbocycles. The molecule has 7 heteroatoms. The summed E-state index contributed by atoms with van der Waals surface area (Å²) in [4.78, 5) is 0.0951. The minimum atomic E-state index is -3.72. The van der Waals surface area contributed by atoms with E-state index in [0.29, 0.717) is 5.56 Å².